The summed E-state index contributed by atoms with van der Waals surface area (Å²) >= 11 is 0. The molecule has 0 aliphatic carbocycles. The molecule has 0 fully saturated rings. The lowest BCUT2D eigenvalue weighted by molar-refractivity contribution is -0.144. The number of carbonyl (C=O) groups excluding carboxylic acids is 2. The van der Waals surface area contributed by atoms with Crippen molar-refractivity contribution >= 4 is 17.7 Å². The molecule has 0 bridgehead atoms. The lowest BCUT2D eigenvalue weighted by Gasteiger charge is -2.11. The summed E-state index contributed by atoms with van der Waals surface area (Å²) in [6.07, 6.45) is 0.250. The Balaban J connectivity index is 2.53. The van der Waals surface area contributed by atoms with Gasteiger partial charge in [0.05, 0.1) is 19.4 Å². The van der Waals surface area contributed by atoms with Crippen molar-refractivity contribution in [3.8, 4) is 0 Å². The summed E-state index contributed by atoms with van der Waals surface area (Å²) in [5.41, 5.74) is 0.876. The molecular formula is C15H18O5. The molecule has 20 heavy (non-hydrogen) atoms. The Bertz CT molecular complexity index is 466. The number of ether oxygens (including phenoxy) is 1. The maximum atomic E-state index is 11.7. The average Bonchev–Trinajstić information content (AvgIpc) is 2.45. The van der Waals surface area contributed by atoms with E-state index in [1.165, 1.54) is 7.11 Å². The molecule has 1 atom stereocenters. The zero-order valence-electron chi connectivity index (χ0n) is 11.4. The van der Waals surface area contributed by atoms with Crippen LogP contribution in [-0.4, -0.2) is 29.9 Å². The van der Waals surface area contributed by atoms with Crippen LogP contribution in [0.2, 0.25) is 0 Å². The van der Waals surface area contributed by atoms with Crippen LogP contribution in [0, 0.1) is 5.92 Å². The Hall–Kier alpha value is -2.17. The van der Waals surface area contributed by atoms with Crippen molar-refractivity contribution in [3.63, 3.8) is 0 Å². The van der Waals surface area contributed by atoms with Crippen molar-refractivity contribution in [3.05, 3.63) is 35.9 Å². The van der Waals surface area contributed by atoms with Crippen LogP contribution in [0.5, 0.6) is 0 Å². The van der Waals surface area contributed by atoms with Gasteiger partial charge in [-0.15, -0.1) is 0 Å². The van der Waals surface area contributed by atoms with Crippen LogP contribution in [-0.2, 0) is 25.5 Å². The van der Waals surface area contributed by atoms with E-state index in [1.807, 2.05) is 30.3 Å². The third-order valence-corrected chi connectivity index (χ3v) is 2.98. The first-order valence-corrected chi connectivity index (χ1v) is 6.38. The Labute approximate surface area is 117 Å². The predicted molar refractivity (Wildman–Crippen MR) is 72.1 cm³/mol. The number of carbonyl (C=O) groups is 3. The van der Waals surface area contributed by atoms with E-state index in [0.29, 0.717) is 6.42 Å². The third-order valence-electron chi connectivity index (χ3n) is 2.98. The van der Waals surface area contributed by atoms with Crippen molar-refractivity contribution in [2.75, 3.05) is 7.11 Å². The van der Waals surface area contributed by atoms with Gasteiger partial charge in [0.1, 0.15) is 5.78 Å². The van der Waals surface area contributed by atoms with E-state index in [4.69, 9.17) is 5.11 Å². The summed E-state index contributed by atoms with van der Waals surface area (Å²) in [5, 5.41) is 9.16. The highest BCUT2D eigenvalue weighted by Gasteiger charge is 2.22. The molecule has 0 spiro atoms. The normalized spacial score (nSPS) is 11.7. The number of carboxylic acid groups (broad SMARTS) is 1. The molecule has 0 aromatic heterocycles. The first-order chi connectivity index (χ1) is 9.52. The van der Waals surface area contributed by atoms with Crippen molar-refractivity contribution in [2.24, 2.45) is 5.92 Å². The molecular weight excluding hydrogens is 260 g/mol. The highest BCUT2D eigenvalue weighted by atomic mass is 16.5. The fourth-order valence-electron chi connectivity index (χ4n) is 1.87. The molecule has 1 unspecified atom stereocenters. The number of aliphatic carboxylic acids is 1. The molecule has 108 valence electrons. The number of Topliss-reactive ketones (excluding diaryl/α,β-unsaturated/α-hetero) is 1. The van der Waals surface area contributed by atoms with E-state index in [1.54, 1.807) is 0 Å². The van der Waals surface area contributed by atoms with E-state index in [9.17, 15) is 14.4 Å². The van der Waals surface area contributed by atoms with E-state index in [0.717, 1.165) is 5.56 Å². The number of benzene rings is 1. The Morgan fingerprint density at radius 3 is 2.35 bits per heavy atom. The first kappa shape index (κ1) is 15.9. The predicted octanol–water partition coefficient (Wildman–Crippen LogP) is 1.84. The van der Waals surface area contributed by atoms with Gasteiger partial charge in [-0.05, 0) is 12.0 Å². The Morgan fingerprint density at radius 1 is 1.15 bits per heavy atom. The van der Waals surface area contributed by atoms with Crippen LogP contribution in [0.25, 0.3) is 0 Å². The van der Waals surface area contributed by atoms with Gasteiger partial charge in [-0.2, -0.15) is 0 Å². The van der Waals surface area contributed by atoms with Gasteiger partial charge in [0.15, 0.2) is 0 Å². The zero-order chi connectivity index (χ0) is 15.0. The SMILES string of the molecule is COC(=O)CCC(=O)CC(Cc1ccccc1)C(=O)O. The number of ketones is 1. The van der Waals surface area contributed by atoms with Crippen LogP contribution in [0.3, 0.4) is 0 Å². The standard InChI is InChI=1S/C15H18O5/c1-20-14(17)8-7-13(16)10-12(15(18)19)9-11-5-3-2-4-6-11/h2-6,12H,7-10H2,1H3,(H,18,19). The van der Waals surface area contributed by atoms with Gasteiger partial charge in [-0.25, -0.2) is 0 Å². The smallest absolute Gasteiger partial charge is 0.307 e. The maximum absolute atomic E-state index is 11.7. The number of hydrogen-bond donors (Lipinski definition) is 1. The van der Waals surface area contributed by atoms with E-state index < -0.39 is 17.9 Å². The Morgan fingerprint density at radius 2 is 1.80 bits per heavy atom. The maximum Gasteiger partial charge on any atom is 0.307 e. The molecule has 0 saturated carbocycles. The minimum absolute atomic E-state index is 0.00694. The zero-order valence-corrected chi connectivity index (χ0v) is 11.4. The summed E-state index contributed by atoms with van der Waals surface area (Å²) in [5.74, 6) is -2.46. The van der Waals surface area contributed by atoms with Gasteiger partial charge in [0.25, 0.3) is 0 Å². The van der Waals surface area contributed by atoms with Crippen LogP contribution < -0.4 is 0 Å². The number of carboxylic acids is 1. The average molecular weight is 278 g/mol. The van der Waals surface area contributed by atoms with Gasteiger partial charge in [-0.1, -0.05) is 30.3 Å². The second-order valence-corrected chi connectivity index (χ2v) is 4.54. The van der Waals surface area contributed by atoms with Crippen molar-refractivity contribution in [1.29, 1.82) is 0 Å². The lowest BCUT2D eigenvalue weighted by atomic mass is 9.93. The molecule has 0 aliphatic heterocycles. The van der Waals surface area contributed by atoms with Gasteiger partial charge < -0.3 is 9.84 Å². The Kier molecular flexibility index (Phi) is 6.43. The lowest BCUT2D eigenvalue weighted by Crippen LogP contribution is -2.20. The quantitative estimate of drug-likeness (QED) is 0.734. The van der Waals surface area contributed by atoms with E-state index in [-0.39, 0.29) is 25.0 Å². The number of methoxy groups -OCH3 is 1. The highest BCUT2D eigenvalue weighted by Crippen LogP contribution is 2.14. The molecule has 0 heterocycles. The fourth-order valence-corrected chi connectivity index (χ4v) is 1.87. The van der Waals surface area contributed by atoms with Crippen molar-refractivity contribution in [2.45, 2.75) is 25.7 Å². The van der Waals surface area contributed by atoms with Crippen LogP contribution in [0.4, 0.5) is 0 Å². The monoisotopic (exact) mass is 278 g/mol. The summed E-state index contributed by atoms with van der Waals surface area (Å²) < 4.78 is 4.44. The fraction of sp³-hybridized carbons (Fsp3) is 0.400. The van der Waals surface area contributed by atoms with Crippen LogP contribution in [0.15, 0.2) is 30.3 Å². The molecule has 0 saturated heterocycles. The van der Waals surface area contributed by atoms with E-state index in [2.05, 4.69) is 4.74 Å². The van der Waals surface area contributed by atoms with E-state index >= 15 is 0 Å². The molecule has 1 aromatic carbocycles. The molecule has 0 radical (unpaired) electrons. The summed E-state index contributed by atoms with van der Waals surface area (Å²) in [4.78, 5) is 33.8. The van der Waals surface area contributed by atoms with Crippen LogP contribution in [0.1, 0.15) is 24.8 Å². The summed E-state index contributed by atoms with van der Waals surface area (Å²) in [6, 6.07) is 9.16. The third kappa shape index (κ3) is 5.65. The van der Waals surface area contributed by atoms with Gasteiger partial charge in [0, 0.05) is 12.8 Å². The topological polar surface area (TPSA) is 80.7 Å². The largest absolute Gasteiger partial charge is 0.481 e. The summed E-state index contributed by atoms with van der Waals surface area (Å²) in [6.45, 7) is 0. The minimum Gasteiger partial charge on any atom is -0.481 e. The van der Waals surface area contributed by atoms with Gasteiger partial charge in [-0.3, -0.25) is 14.4 Å². The molecule has 1 N–H and O–H groups in total. The molecule has 5 nitrogen and oxygen atoms in total. The molecule has 5 heteroatoms. The highest BCUT2D eigenvalue weighted by molar-refractivity contribution is 5.86. The molecule has 0 aliphatic rings. The summed E-state index contributed by atoms with van der Waals surface area (Å²) in [7, 11) is 1.25. The first-order valence-electron chi connectivity index (χ1n) is 6.38. The van der Waals surface area contributed by atoms with Gasteiger partial charge >= 0.3 is 11.9 Å². The van der Waals surface area contributed by atoms with Crippen molar-refractivity contribution in [1.82, 2.24) is 0 Å². The number of hydrogen-bond acceptors (Lipinski definition) is 4. The number of rotatable bonds is 8. The number of esters is 1. The molecule has 1 aromatic rings. The molecule has 0 amide bonds. The minimum atomic E-state index is -1.000. The second-order valence-electron chi connectivity index (χ2n) is 4.54. The van der Waals surface area contributed by atoms with Gasteiger partial charge in [0.2, 0.25) is 0 Å². The van der Waals surface area contributed by atoms with Crippen LogP contribution >= 0.6 is 0 Å². The molecule has 1 rings (SSSR count). The second kappa shape index (κ2) is 8.09. The van der Waals surface area contributed by atoms with Crippen molar-refractivity contribution < 1.29 is 24.2 Å².